The number of benzene rings is 3. The number of piperazine rings is 1. The minimum atomic E-state index is -0.325. The lowest BCUT2D eigenvalue weighted by molar-refractivity contribution is 0.124. The highest BCUT2D eigenvalue weighted by atomic mass is 19.1. The standard InChI is InChI=1S/C30H25F2N5O/c31-25-12-8-22(9-13-25)28(23-10-14-26(32)15-11-23)35-17-19-36(20-18-35)30(38)37(27-6-2-1-3-7-27)29-24(21-33)5-4-16-34-29/h1-16,28H,17-20H2. The molecule has 8 heteroatoms. The van der Waals surface area contributed by atoms with E-state index in [1.807, 2.05) is 30.3 Å². The Labute approximate surface area is 220 Å². The summed E-state index contributed by atoms with van der Waals surface area (Å²) in [5.74, 6) is -0.368. The van der Waals surface area contributed by atoms with Crippen molar-refractivity contribution in [2.45, 2.75) is 6.04 Å². The molecule has 0 radical (unpaired) electrons. The number of rotatable bonds is 5. The average Bonchev–Trinajstić information content (AvgIpc) is 2.96. The van der Waals surface area contributed by atoms with Gasteiger partial charge in [-0.25, -0.2) is 23.5 Å². The number of aromatic nitrogens is 1. The summed E-state index contributed by atoms with van der Waals surface area (Å²) in [7, 11) is 0. The average molecular weight is 510 g/mol. The van der Waals surface area contributed by atoms with Crippen molar-refractivity contribution in [2.75, 3.05) is 31.1 Å². The molecule has 1 aliphatic rings. The van der Waals surface area contributed by atoms with Crippen LogP contribution in [-0.4, -0.2) is 47.0 Å². The monoisotopic (exact) mass is 509 g/mol. The third-order valence-electron chi connectivity index (χ3n) is 6.65. The molecule has 1 fully saturated rings. The van der Waals surface area contributed by atoms with Crippen molar-refractivity contribution in [3.05, 3.63) is 126 Å². The van der Waals surface area contributed by atoms with Crippen molar-refractivity contribution in [1.29, 1.82) is 5.26 Å². The van der Waals surface area contributed by atoms with Gasteiger partial charge in [0.25, 0.3) is 0 Å². The number of carbonyl (C=O) groups is 1. The molecule has 0 aliphatic carbocycles. The Morgan fingerprint density at radius 3 is 1.95 bits per heavy atom. The molecule has 2 heterocycles. The highest BCUT2D eigenvalue weighted by Crippen LogP contribution is 2.32. The largest absolute Gasteiger partial charge is 0.330 e. The van der Waals surface area contributed by atoms with Crippen LogP contribution in [0.15, 0.2) is 97.2 Å². The van der Waals surface area contributed by atoms with Gasteiger partial charge in [-0.3, -0.25) is 4.90 Å². The predicted octanol–water partition coefficient (Wildman–Crippen LogP) is 5.90. The molecule has 0 unspecified atom stereocenters. The molecule has 0 spiro atoms. The van der Waals surface area contributed by atoms with Crippen LogP contribution < -0.4 is 4.90 Å². The predicted molar refractivity (Wildman–Crippen MR) is 141 cm³/mol. The van der Waals surface area contributed by atoms with Gasteiger partial charge < -0.3 is 4.90 Å². The van der Waals surface area contributed by atoms with E-state index in [0.29, 0.717) is 37.4 Å². The fraction of sp³-hybridized carbons (Fsp3) is 0.167. The molecule has 38 heavy (non-hydrogen) atoms. The lowest BCUT2D eigenvalue weighted by Gasteiger charge is -2.41. The molecule has 190 valence electrons. The van der Waals surface area contributed by atoms with Gasteiger partial charge in [-0.15, -0.1) is 0 Å². The van der Waals surface area contributed by atoms with E-state index in [4.69, 9.17) is 0 Å². The minimum absolute atomic E-state index is 0.223. The topological polar surface area (TPSA) is 63.5 Å². The van der Waals surface area contributed by atoms with Crippen LogP contribution in [0.3, 0.4) is 0 Å². The summed E-state index contributed by atoms with van der Waals surface area (Å²) in [6.07, 6.45) is 1.56. The molecular formula is C30H25F2N5O. The number of pyridine rings is 1. The maximum Gasteiger partial charge on any atom is 0.330 e. The van der Waals surface area contributed by atoms with Crippen LogP contribution in [0, 0.1) is 23.0 Å². The fourth-order valence-electron chi connectivity index (χ4n) is 4.78. The summed E-state index contributed by atoms with van der Waals surface area (Å²) in [6.45, 7) is 1.94. The lowest BCUT2D eigenvalue weighted by atomic mass is 9.96. The number of nitriles is 1. The quantitative estimate of drug-likeness (QED) is 0.336. The fourth-order valence-corrected chi connectivity index (χ4v) is 4.78. The number of para-hydroxylation sites is 1. The summed E-state index contributed by atoms with van der Waals surface area (Å²) in [4.78, 5) is 23.6. The number of hydrogen-bond donors (Lipinski definition) is 0. The van der Waals surface area contributed by atoms with Gasteiger partial charge in [0.2, 0.25) is 0 Å². The van der Waals surface area contributed by atoms with E-state index in [0.717, 1.165) is 11.1 Å². The zero-order chi connectivity index (χ0) is 26.5. The molecule has 0 saturated carbocycles. The van der Waals surface area contributed by atoms with E-state index >= 15 is 0 Å². The van der Waals surface area contributed by atoms with Gasteiger partial charge in [-0.05, 0) is 59.7 Å². The number of nitrogens with zero attached hydrogens (tertiary/aromatic N) is 5. The molecule has 1 saturated heterocycles. The zero-order valence-electron chi connectivity index (χ0n) is 20.5. The third-order valence-corrected chi connectivity index (χ3v) is 6.65. The van der Waals surface area contributed by atoms with Crippen LogP contribution in [0.2, 0.25) is 0 Å². The van der Waals surface area contributed by atoms with Gasteiger partial charge in [-0.2, -0.15) is 5.26 Å². The molecular weight excluding hydrogens is 484 g/mol. The van der Waals surface area contributed by atoms with E-state index in [-0.39, 0.29) is 29.5 Å². The molecule has 3 aromatic carbocycles. The van der Waals surface area contributed by atoms with Crippen molar-refractivity contribution in [3.63, 3.8) is 0 Å². The Kier molecular flexibility index (Phi) is 7.38. The molecule has 6 nitrogen and oxygen atoms in total. The van der Waals surface area contributed by atoms with Crippen LogP contribution in [0.5, 0.6) is 0 Å². The van der Waals surface area contributed by atoms with Gasteiger partial charge in [0.1, 0.15) is 17.7 Å². The highest BCUT2D eigenvalue weighted by molar-refractivity contribution is 5.99. The van der Waals surface area contributed by atoms with Crippen LogP contribution in [0.1, 0.15) is 22.7 Å². The number of anilines is 2. The Morgan fingerprint density at radius 1 is 0.816 bits per heavy atom. The van der Waals surface area contributed by atoms with E-state index in [1.54, 1.807) is 47.5 Å². The Balaban J connectivity index is 1.41. The van der Waals surface area contributed by atoms with Crippen LogP contribution in [0.25, 0.3) is 0 Å². The second-order valence-electron chi connectivity index (χ2n) is 8.97. The molecule has 0 bridgehead atoms. The first-order valence-electron chi connectivity index (χ1n) is 12.3. The first kappa shape index (κ1) is 25.1. The van der Waals surface area contributed by atoms with Gasteiger partial charge in [0.15, 0.2) is 5.82 Å². The molecule has 0 N–H and O–H groups in total. The molecule has 0 atom stereocenters. The Hall–Kier alpha value is -4.61. The van der Waals surface area contributed by atoms with Crippen LogP contribution in [0.4, 0.5) is 25.1 Å². The van der Waals surface area contributed by atoms with E-state index in [1.165, 1.54) is 29.2 Å². The smallest absolute Gasteiger partial charge is 0.321 e. The van der Waals surface area contributed by atoms with Crippen LogP contribution >= 0.6 is 0 Å². The Bertz CT molecular complexity index is 1380. The van der Waals surface area contributed by atoms with E-state index in [2.05, 4.69) is 16.0 Å². The maximum absolute atomic E-state index is 13.9. The van der Waals surface area contributed by atoms with Gasteiger partial charge in [0, 0.05) is 32.4 Å². The number of urea groups is 1. The molecule has 5 rings (SSSR count). The molecule has 1 aliphatic heterocycles. The summed E-state index contributed by atoms with van der Waals surface area (Å²) < 4.78 is 27.3. The van der Waals surface area contributed by atoms with E-state index in [9.17, 15) is 18.8 Å². The van der Waals surface area contributed by atoms with Crippen molar-refractivity contribution in [1.82, 2.24) is 14.8 Å². The first-order chi connectivity index (χ1) is 18.5. The molecule has 2 amide bonds. The normalized spacial score (nSPS) is 13.8. The first-order valence-corrected chi connectivity index (χ1v) is 12.3. The van der Waals surface area contributed by atoms with Gasteiger partial charge in [0.05, 0.1) is 17.3 Å². The summed E-state index contributed by atoms with van der Waals surface area (Å²) in [6, 6.07) is 26.7. The van der Waals surface area contributed by atoms with Crippen molar-refractivity contribution in [3.8, 4) is 6.07 Å². The summed E-state index contributed by atoms with van der Waals surface area (Å²) in [5, 5.41) is 9.66. The lowest BCUT2D eigenvalue weighted by Crippen LogP contribution is -2.53. The third kappa shape index (κ3) is 5.24. The Morgan fingerprint density at radius 2 is 1.39 bits per heavy atom. The maximum atomic E-state index is 13.9. The van der Waals surface area contributed by atoms with Gasteiger partial charge in [-0.1, -0.05) is 42.5 Å². The van der Waals surface area contributed by atoms with Crippen molar-refractivity contribution >= 4 is 17.5 Å². The second-order valence-corrected chi connectivity index (χ2v) is 8.97. The summed E-state index contributed by atoms with van der Waals surface area (Å²) >= 11 is 0. The van der Waals surface area contributed by atoms with Crippen LogP contribution in [-0.2, 0) is 0 Å². The number of hydrogen-bond acceptors (Lipinski definition) is 4. The van der Waals surface area contributed by atoms with Gasteiger partial charge >= 0.3 is 6.03 Å². The number of halogens is 2. The number of carbonyl (C=O) groups excluding carboxylic acids is 1. The highest BCUT2D eigenvalue weighted by Gasteiger charge is 2.32. The van der Waals surface area contributed by atoms with Crippen molar-refractivity contribution in [2.24, 2.45) is 0 Å². The minimum Gasteiger partial charge on any atom is -0.321 e. The summed E-state index contributed by atoms with van der Waals surface area (Å²) in [5.41, 5.74) is 2.69. The second kappa shape index (κ2) is 11.2. The molecule has 4 aromatic rings. The molecule has 1 aromatic heterocycles. The van der Waals surface area contributed by atoms with E-state index < -0.39 is 0 Å². The number of amides is 2. The zero-order valence-corrected chi connectivity index (χ0v) is 20.5. The SMILES string of the molecule is N#Cc1cccnc1N(C(=O)N1CCN(C(c2ccc(F)cc2)c2ccc(F)cc2)CC1)c1ccccc1. The van der Waals surface area contributed by atoms with Crippen molar-refractivity contribution < 1.29 is 13.6 Å².